The third-order valence-corrected chi connectivity index (χ3v) is 2.97. The average Bonchev–Trinajstić information content (AvgIpc) is 2.39. The highest BCUT2D eigenvalue weighted by Crippen LogP contribution is 2.37. The lowest BCUT2D eigenvalue weighted by Crippen LogP contribution is -2.08. The monoisotopic (exact) mass is 310 g/mol. The van der Waals surface area contributed by atoms with Crippen LogP contribution in [0.5, 0.6) is 5.75 Å². The summed E-state index contributed by atoms with van der Waals surface area (Å²) >= 11 is 0. The maximum absolute atomic E-state index is 10.7. The fourth-order valence-corrected chi connectivity index (χ4v) is 2.03. The molecular weight excluding hydrogens is 295 g/mol. The van der Waals surface area contributed by atoms with E-state index < -0.39 is 7.82 Å². The molecule has 0 aliphatic rings. The van der Waals surface area contributed by atoms with Crippen molar-refractivity contribution in [2.45, 2.75) is 6.42 Å². The fourth-order valence-electron chi connectivity index (χ4n) is 1.63. The van der Waals surface area contributed by atoms with Gasteiger partial charge in [0.05, 0.1) is 0 Å². The number of hydrogen-bond acceptors (Lipinski definition) is 6. The van der Waals surface area contributed by atoms with Crippen molar-refractivity contribution < 1.29 is 18.9 Å². The van der Waals surface area contributed by atoms with Gasteiger partial charge in [-0.2, -0.15) is 4.98 Å². The molecule has 0 spiro atoms. The van der Waals surface area contributed by atoms with Crippen molar-refractivity contribution in [1.82, 2.24) is 9.97 Å². The number of aromatic nitrogens is 2. The van der Waals surface area contributed by atoms with Crippen LogP contribution in [0.25, 0.3) is 0 Å². The van der Waals surface area contributed by atoms with Crippen LogP contribution in [-0.4, -0.2) is 26.3 Å². The molecule has 0 unspecified atom stereocenters. The van der Waals surface area contributed by atoms with Crippen LogP contribution in [0.2, 0.25) is 0 Å². The SMILES string of the molecule is Nc1ccnc(NCCc2ccc(OP(=O)(O)O)cc2)n1. The first-order chi connectivity index (χ1) is 9.92. The van der Waals surface area contributed by atoms with E-state index in [1.54, 1.807) is 24.4 Å². The maximum atomic E-state index is 10.7. The van der Waals surface area contributed by atoms with E-state index in [1.165, 1.54) is 12.1 Å². The minimum atomic E-state index is -4.51. The van der Waals surface area contributed by atoms with Gasteiger partial charge < -0.3 is 15.6 Å². The summed E-state index contributed by atoms with van der Waals surface area (Å²) in [6.07, 6.45) is 2.26. The number of nitrogens with two attached hydrogens (primary N) is 1. The molecule has 9 heteroatoms. The highest BCUT2D eigenvalue weighted by Gasteiger charge is 2.15. The van der Waals surface area contributed by atoms with Crippen LogP contribution in [0, 0.1) is 0 Å². The number of nitrogen functional groups attached to an aromatic ring is 1. The molecule has 8 nitrogen and oxygen atoms in total. The number of phosphoric acid groups is 1. The molecule has 0 saturated carbocycles. The smallest absolute Gasteiger partial charge is 0.404 e. The number of benzene rings is 1. The Morgan fingerprint density at radius 3 is 2.57 bits per heavy atom. The zero-order valence-corrected chi connectivity index (χ0v) is 11.9. The molecule has 0 aliphatic carbocycles. The van der Waals surface area contributed by atoms with Crippen LogP contribution in [0.1, 0.15) is 5.56 Å². The molecule has 0 fully saturated rings. The lowest BCUT2D eigenvalue weighted by molar-refractivity contribution is 0.283. The highest BCUT2D eigenvalue weighted by atomic mass is 31.2. The van der Waals surface area contributed by atoms with Crippen LogP contribution in [0.4, 0.5) is 11.8 Å². The number of anilines is 2. The van der Waals surface area contributed by atoms with Gasteiger partial charge in [0.25, 0.3) is 0 Å². The van der Waals surface area contributed by atoms with Gasteiger partial charge in [-0.15, -0.1) is 0 Å². The third-order valence-electron chi connectivity index (χ3n) is 2.52. The number of rotatable bonds is 6. The van der Waals surface area contributed by atoms with E-state index in [0.29, 0.717) is 24.7 Å². The van der Waals surface area contributed by atoms with Crippen molar-refractivity contribution in [2.75, 3.05) is 17.6 Å². The largest absolute Gasteiger partial charge is 0.524 e. The standard InChI is InChI=1S/C12H15N4O4P/c13-11-6-8-15-12(16-11)14-7-5-9-1-3-10(4-2-9)20-21(17,18)19/h1-4,6,8H,5,7H2,(H2,17,18,19)(H3,13,14,15,16). The van der Waals surface area contributed by atoms with Crippen LogP contribution in [0.3, 0.4) is 0 Å². The predicted octanol–water partition coefficient (Wildman–Crippen LogP) is 1.18. The Hall–Kier alpha value is -2.15. The van der Waals surface area contributed by atoms with Gasteiger partial charge in [-0.1, -0.05) is 12.1 Å². The van der Waals surface area contributed by atoms with Gasteiger partial charge in [0.2, 0.25) is 5.95 Å². The van der Waals surface area contributed by atoms with Crippen molar-refractivity contribution in [3.63, 3.8) is 0 Å². The fraction of sp³-hybridized carbons (Fsp3) is 0.167. The molecule has 0 aliphatic heterocycles. The number of phosphoric ester groups is 1. The molecule has 0 radical (unpaired) electrons. The van der Waals surface area contributed by atoms with Gasteiger partial charge in [0, 0.05) is 12.7 Å². The Bertz CT molecular complexity index is 644. The maximum Gasteiger partial charge on any atom is 0.524 e. The Kier molecular flexibility index (Phi) is 4.74. The molecule has 1 heterocycles. The Balaban J connectivity index is 1.85. The zero-order valence-electron chi connectivity index (χ0n) is 11.0. The lowest BCUT2D eigenvalue weighted by atomic mass is 10.1. The summed E-state index contributed by atoms with van der Waals surface area (Å²) in [6.45, 7) is 0.599. The molecule has 2 rings (SSSR count). The zero-order chi connectivity index (χ0) is 15.3. The van der Waals surface area contributed by atoms with Gasteiger partial charge >= 0.3 is 7.82 Å². The highest BCUT2D eigenvalue weighted by molar-refractivity contribution is 7.46. The summed E-state index contributed by atoms with van der Waals surface area (Å²) < 4.78 is 15.1. The molecule has 0 bridgehead atoms. The predicted molar refractivity (Wildman–Crippen MR) is 77.8 cm³/mol. The second-order valence-corrected chi connectivity index (χ2v) is 5.37. The molecule has 0 atom stereocenters. The van der Waals surface area contributed by atoms with Crippen LogP contribution >= 0.6 is 7.82 Å². The van der Waals surface area contributed by atoms with E-state index in [2.05, 4.69) is 19.8 Å². The summed E-state index contributed by atoms with van der Waals surface area (Å²) in [4.78, 5) is 25.4. The topological polar surface area (TPSA) is 131 Å². The van der Waals surface area contributed by atoms with Crippen molar-refractivity contribution in [3.8, 4) is 5.75 Å². The van der Waals surface area contributed by atoms with Gasteiger partial charge in [0.1, 0.15) is 11.6 Å². The first kappa shape index (κ1) is 15.2. The quantitative estimate of drug-likeness (QED) is 0.585. The Labute approximate surface area is 121 Å². The van der Waals surface area contributed by atoms with Crippen LogP contribution in [0.15, 0.2) is 36.5 Å². The molecular formula is C12H15N4O4P. The lowest BCUT2D eigenvalue weighted by Gasteiger charge is -2.08. The number of nitrogens with zero attached hydrogens (tertiary/aromatic N) is 2. The molecule has 0 amide bonds. The molecule has 112 valence electrons. The van der Waals surface area contributed by atoms with E-state index in [0.717, 1.165) is 5.56 Å². The van der Waals surface area contributed by atoms with E-state index in [1.807, 2.05) is 0 Å². The first-order valence-electron chi connectivity index (χ1n) is 6.09. The Morgan fingerprint density at radius 1 is 1.24 bits per heavy atom. The summed E-state index contributed by atoms with van der Waals surface area (Å²) in [7, 11) is -4.51. The van der Waals surface area contributed by atoms with E-state index >= 15 is 0 Å². The summed E-state index contributed by atoms with van der Waals surface area (Å²) in [5.74, 6) is 0.974. The van der Waals surface area contributed by atoms with Crippen molar-refractivity contribution in [1.29, 1.82) is 0 Å². The van der Waals surface area contributed by atoms with E-state index in [-0.39, 0.29) is 5.75 Å². The summed E-state index contributed by atoms with van der Waals surface area (Å²) in [6, 6.07) is 8.07. The van der Waals surface area contributed by atoms with Crippen LogP contribution in [-0.2, 0) is 11.0 Å². The minimum absolute atomic E-state index is 0.124. The Morgan fingerprint density at radius 2 is 1.95 bits per heavy atom. The van der Waals surface area contributed by atoms with E-state index in [4.69, 9.17) is 15.5 Å². The third kappa shape index (κ3) is 5.39. The molecule has 2 aromatic rings. The van der Waals surface area contributed by atoms with Gasteiger partial charge in [-0.25, -0.2) is 9.55 Å². The summed E-state index contributed by atoms with van der Waals surface area (Å²) in [5, 5.41) is 3.03. The van der Waals surface area contributed by atoms with Gasteiger partial charge in [0.15, 0.2) is 0 Å². The number of nitrogens with one attached hydrogen (secondary N) is 1. The van der Waals surface area contributed by atoms with Crippen molar-refractivity contribution in [2.24, 2.45) is 0 Å². The van der Waals surface area contributed by atoms with Crippen LogP contribution < -0.4 is 15.6 Å². The molecule has 1 aromatic heterocycles. The second-order valence-electron chi connectivity index (χ2n) is 4.21. The van der Waals surface area contributed by atoms with Gasteiger partial charge in [-0.05, 0) is 30.2 Å². The molecule has 1 aromatic carbocycles. The van der Waals surface area contributed by atoms with Crippen molar-refractivity contribution in [3.05, 3.63) is 42.1 Å². The number of hydrogen-bond donors (Lipinski definition) is 4. The second kappa shape index (κ2) is 6.53. The molecule has 5 N–H and O–H groups in total. The van der Waals surface area contributed by atoms with Crippen molar-refractivity contribution >= 4 is 19.6 Å². The van der Waals surface area contributed by atoms with E-state index in [9.17, 15) is 4.57 Å². The normalized spacial score (nSPS) is 11.1. The van der Waals surface area contributed by atoms with Gasteiger partial charge in [-0.3, -0.25) is 9.79 Å². The molecule has 21 heavy (non-hydrogen) atoms. The molecule has 0 saturated heterocycles. The average molecular weight is 310 g/mol. The summed E-state index contributed by atoms with van der Waals surface area (Å²) in [5.41, 5.74) is 6.52. The minimum Gasteiger partial charge on any atom is -0.404 e. The first-order valence-corrected chi connectivity index (χ1v) is 7.62.